The monoisotopic (exact) mass is 291 g/mol. The second kappa shape index (κ2) is 6.36. The quantitative estimate of drug-likeness (QED) is 0.695. The summed E-state index contributed by atoms with van der Waals surface area (Å²) in [5.74, 6) is 0. The molecule has 2 aromatic heterocycles. The predicted octanol–water partition coefficient (Wildman–Crippen LogP) is 1.93. The van der Waals surface area contributed by atoms with Crippen molar-refractivity contribution in [2.45, 2.75) is 45.6 Å². The molecule has 1 saturated carbocycles. The third kappa shape index (κ3) is 3.30. The van der Waals surface area contributed by atoms with Crippen LogP contribution in [0.5, 0.6) is 0 Å². The third-order valence-electron chi connectivity index (χ3n) is 3.44. The topological polar surface area (TPSA) is 67.0 Å². The maximum absolute atomic E-state index is 5.53. The molecule has 0 aliphatic heterocycles. The molecular weight excluding hydrogens is 270 g/mol. The zero-order chi connectivity index (χ0) is 14.7. The largest absolute Gasteiger partial charge is 0.347 e. The Labute approximate surface area is 123 Å². The first-order chi connectivity index (χ1) is 10.3. The Bertz CT molecular complexity index is 569. The molecule has 0 bridgehead atoms. The van der Waals surface area contributed by atoms with E-state index in [0.29, 0.717) is 31.5 Å². The van der Waals surface area contributed by atoms with Crippen molar-refractivity contribution in [1.29, 1.82) is 0 Å². The summed E-state index contributed by atoms with van der Waals surface area (Å²) in [6, 6.07) is 0.616. The average molecular weight is 291 g/mol. The molecule has 3 rings (SSSR count). The number of rotatable bonds is 8. The summed E-state index contributed by atoms with van der Waals surface area (Å²) in [5, 5.41) is 8.32. The first-order valence-electron chi connectivity index (χ1n) is 7.45. The van der Waals surface area contributed by atoms with Crippen LogP contribution in [0.15, 0.2) is 18.7 Å². The third-order valence-corrected chi connectivity index (χ3v) is 3.44. The molecule has 0 spiro atoms. The molecule has 0 unspecified atom stereocenters. The molecule has 0 atom stereocenters. The lowest BCUT2D eigenvalue weighted by atomic mass is 10.4. The molecule has 0 amide bonds. The van der Waals surface area contributed by atoms with Gasteiger partial charge >= 0.3 is 0 Å². The standard InChI is InChI=1S/C14H21N5O2/c1-3-20-14(21-4-2)13-9-18(17-16-13)8-12-7-15-10-19(12)11-5-6-11/h7,9-11,14H,3-6,8H2,1-2H3. The number of ether oxygens (including phenoxy) is 2. The molecule has 0 radical (unpaired) electrons. The fraction of sp³-hybridized carbons (Fsp3) is 0.643. The lowest BCUT2D eigenvalue weighted by Crippen LogP contribution is -2.09. The second-order valence-corrected chi connectivity index (χ2v) is 5.11. The summed E-state index contributed by atoms with van der Waals surface area (Å²) in [6.45, 7) is 5.68. The fourth-order valence-corrected chi connectivity index (χ4v) is 2.32. The van der Waals surface area contributed by atoms with Crippen LogP contribution in [0.3, 0.4) is 0 Å². The zero-order valence-electron chi connectivity index (χ0n) is 12.5. The van der Waals surface area contributed by atoms with Crippen molar-refractivity contribution in [1.82, 2.24) is 24.5 Å². The van der Waals surface area contributed by atoms with Crippen LogP contribution in [0, 0.1) is 0 Å². The van der Waals surface area contributed by atoms with E-state index in [1.807, 2.05) is 32.6 Å². The maximum atomic E-state index is 5.53. The Kier molecular flexibility index (Phi) is 4.31. The van der Waals surface area contributed by atoms with Crippen LogP contribution in [-0.4, -0.2) is 37.8 Å². The lowest BCUT2D eigenvalue weighted by molar-refractivity contribution is -0.142. The molecule has 114 valence electrons. The van der Waals surface area contributed by atoms with E-state index >= 15 is 0 Å². The van der Waals surface area contributed by atoms with E-state index in [1.165, 1.54) is 12.8 Å². The highest BCUT2D eigenvalue weighted by atomic mass is 16.7. The molecule has 1 aliphatic carbocycles. The van der Waals surface area contributed by atoms with Gasteiger partial charge in [-0.3, -0.25) is 0 Å². The van der Waals surface area contributed by atoms with Crippen molar-refractivity contribution in [2.75, 3.05) is 13.2 Å². The summed E-state index contributed by atoms with van der Waals surface area (Å²) in [5.41, 5.74) is 1.86. The molecule has 1 aliphatic rings. The van der Waals surface area contributed by atoms with Gasteiger partial charge in [-0.25, -0.2) is 9.67 Å². The molecule has 0 N–H and O–H groups in total. The summed E-state index contributed by atoms with van der Waals surface area (Å²) >= 11 is 0. The van der Waals surface area contributed by atoms with Gasteiger partial charge in [0.1, 0.15) is 5.69 Å². The lowest BCUT2D eigenvalue weighted by Gasteiger charge is -2.13. The van der Waals surface area contributed by atoms with Gasteiger partial charge in [-0.1, -0.05) is 5.21 Å². The smallest absolute Gasteiger partial charge is 0.204 e. The van der Waals surface area contributed by atoms with Crippen molar-refractivity contribution in [3.63, 3.8) is 0 Å². The number of imidazole rings is 1. The van der Waals surface area contributed by atoms with Gasteiger partial charge in [0.2, 0.25) is 6.29 Å². The van der Waals surface area contributed by atoms with Crippen LogP contribution in [0.1, 0.15) is 50.4 Å². The molecule has 21 heavy (non-hydrogen) atoms. The van der Waals surface area contributed by atoms with E-state index in [4.69, 9.17) is 9.47 Å². The summed E-state index contributed by atoms with van der Waals surface area (Å²) in [4.78, 5) is 4.23. The van der Waals surface area contributed by atoms with E-state index in [0.717, 1.165) is 5.69 Å². The van der Waals surface area contributed by atoms with E-state index in [-0.39, 0.29) is 0 Å². The Balaban J connectivity index is 1.70. The molecule has 2 heterocycles. The number of nitrogens with zero attached hydrogens (tertiary/aromatic N) is 5. The molecule has 7 heteroatoms. The van der Waals surface area contributed by atoms with Gasteiger partial charge < -0.3 is 14.0 Å². The van der Waals surface area contributed by atoms with Gasteiger partial charge in [0.15, 0.2) is 0 Å². The van der Waals surface area contributed by atoms with Crippen LogP contribution in [0.25, 0.3) is 0 Å². The Morgan fingerprint density at radius 2 is 2.05 bits per heavy atom. The minimum atomic E-state index is -0.443. The van der Waals surface area contributed by atoms with Crippen LogP contribution in [-0.2, 0) is 16.0 Å². The van der Waals surface area contributed by atoms with Gasteiger partial charge in [-0.15, -0.1) is 5.10 Å². The van der Waals surface area contributed by atoms with Crippen LogP contribution in [0.2, 0.25) is 0 Å². The number of hydrogen-bond donors (Lipinski definition) is 0. The molecule has 0 saturated heterocycles. The highest BCUT2D eigenvalue weighted by Gasteiger charge is 2.25. The van der Waals surface area contributed by atoms with Gasteiger partial charge in [-0.05, 0) is 26.7 Å². The zero-order valence-corrected chi connectivity index (χ0v) is 12.5. The highest BCUT2D eigenvalue weighted by Crippen LogP contribution is 2.35. The summed E-state index contributed by atoms with van der Waals surface area (Å²) in [7, 11) is 0. The molecule has 1 fully saturated rings. The van der Waals surface area contributed by atoms with Gasteiger partial charge in [0.05, 0.1) is 31.0 Å². The Hall–Kier alpha value is -1.73. The SMILES string of the molecule is CCOC(OCC)c1cn(Cc2cncn2C2CC2)nn1. The van der Waals surface area contributed by atoms with Crippen molar-refractivity contribution in [2.24, 2.45) is 0 Å². The Morgan fingerprint density at radius 3 is 2.71 bits per heavy atom. The predicted molar refractivity (Wildman–Crippen MR) is 75.6 cm³/mol. The van der Waals surface area contributed by atoms with Crippen molar-refractivity contribution < 1.29 is 9.47 Å². The molecule has 2 aromatic rings. The first kappa shape index (κ1) is 14.2. The Morgan fingerprint density at radius 1 is 1.29 bits per heavy atom. The van der Waals surface area contributed by atoms with Crippen molar-refractivity contribution >= 4 is 0 Å². The van der Waals surface area contributed by atoms with Crippen LogP contribution < -0.4 is 0 Å². The van der Waals surface area contributed by atoms with Crippen molar-refractivity contribution in [3.8, 4) is 0 Å². The van der Waals surface area contributed by atoms with E-state index in [2.05, 4.69) is 19.9 Å². The minimum Gasteiger partial charge on any atom is -0.347 e. The highest BCUT2D eigenvalue weighted by molar-refractivity contribution is 5.05. The summed E-state index contributed by atoms with van der Waals surface area (Å²) in [6.07, 6.45) is 7.70. The molecule has 0 aromatic carbocycles. The number of hydrogen-bond acceptors (Lipinski definition) is 5. The van der Waals surface area contributed by atoms with Crippen LogP contribution in [0.4, 0.5) is 0 Å². The average Bonchev–Trinajstić information content (AvgIpc) is 3.04. The molecule has 7 nitrogen and oxygen atoms in total. The normalized spacial score (nSPS) is 15.0. The van der Waals surface area contributed by atoms with Gasteiger partial charge in [-0.2, -0.15) is 0 Å². The van der Waals surface area contributed by atoms with Gasteiger partial charge in [0.25, 0.3) is 0 Å². The van der Waals surface area contributed by atoms with Gasteiger partial charge in [0, 0.05) is 19.3 Å². The number of aromatic nitrogens is 5. The van der Waals surface area contributed by atoms with E-state index < -0.39 is 6.29 Å². The minimum absolute atomic E-state index is 0.443. The fourth-order valence-electron chi connectivity index (χ4n) is 2.32. The summed E-state index contributed by atoms with van der Waals surface area (Å²) < 4.78 is 15.1. The first-order valence-corrected chi connectivity index (χ1v) is 7.45. The van der Waals surface area contributed by atoms with Crippen molar-refractivity contribution in [3.05, 3.63) is 30.1 Å². The van der Waals surface area contributed by atoms with E-state index in [1.54, 1.807) is 4.68 Å². The molecular formula is C14H21N5O2. The van der Waals surface area contributed by atoms with Crippen LogP contribution >= 0.6 is 0 Å². The second-order valence-electron chi connectivity index (χ2n) is 5.11. The maximum Gasteiger partial charge on any atom is 0.204 e. The van der Waals surface area contributed by atoms with E-state index in [9.17, 15) is 0 Å².